The number of aryl methyl sites for hydroxylation is 2. The summed E-state index contributed by atoms with van der Waals surface area (Å²) in [5.74, 6) is -0.230. The molecule has 5 atom stereocenters. The molecule has 12 heteroatoms. The number of pyridine rings is 1. The number of amides is 3. The average Bonchev–Trinajstić information content (AvgIpc) is 3.09. The number of β-amino-alcohol motifs (C(OH)–C–C–N with tert-alkyl or cyclic N) is 1. The predicted octanol–water partition coefficient (Wildman–Crippen LogP) is 4.31. The number of likely N-dealkylation sites (tertiary alicyclic amines) is 1. The minimum absolute atomic E-state index is 0.123. The summed E-state index contributed by atoms with van der Waals surface area (Å²) in [4.78, 5) is 56.4. The van der Waals surface area contributed by atoms with Crippen molar-refractivity contribution in [3.63, 3.8) is 0 Å². The number of ether oxygens (including phenoxy) is 1. The van der Waals surface area contributed by atoms with E-state index in [1.807, 2.05) is 114 Å². The topological polar surface area (TPSA) is 159 Å². The van der Waals surface area contributed by atoms with Crippen LogP contribution >= 0.6 is 0 Å². The number of para-hydroxylation sites is 1. The van der Waals surface area contributed by atoms with Crippen molar-refractivity contribution in [2.75, 3.05) is 13.1 Å². The van der Waals surface area contributed by atoms with Gasteiger partial charge in [-0.1, -0.05) is 68.4 Å². The van der Waals surface area contributed by atoms with E-state index in [4.69, 9.17) is 4.74 Å². The third kappa shape index (κ3) is 11.0. The summed E-state index contributed by atoms with van der Waals surface area (Å²) in [6, 6.07) is 20.2. The first-order chi connectivity index (χ1) is 25.1. The Kier molecular flexibility index (Phi) is 12.8. The maximum Gasteiger partial charge on any atom is 0.270 e. The second-order valence-electron chi connectivity index (χ2n) is 15.4. The molecule has 1 aliphatic rings. The fourth-order valence-corrected chi connectivity index (χ4v) is 6.68. The van der Waals surface area contributed by atoms with Crippen LogP contribution in [0.5, 0.6) is 5.88 Å². The van der Waals surface area contributed by atoms with Gasteiger partial charge in [-0.25, -0.2) is 9.97 Å². The van der Waals surface area contributed by atoms with E-state index >= 15 is 0 Å². The molecule has 1 fully saturated rings. The lowest BCUT2D eigenvalue weighted by Gasteiger charge is -2.41. The van der Waals surface area contributed by atoms with Crippen molar-refractivity contribution in [1.82, 2.24) is 35.8 Å². The molecule has 53 heavy (non-hydrogen) atoms. The molecule has 5 rings (SSSR count). The van der Waals surface area contributed by atoms with E-state index in [1.165, 1.54) is 0 Å². The van der Waals surface area contributed by atoms with Gasteiger partial charge in [0.25, 0.3) is 5.91 Å². The number of fused-ring (bicyclic) bond motifs is 1. The number of piperidine rings is 1. The number of aliphatic hydroxyl groups excluding tert-OH is 1. The largest absolute Gasteiger partial charge is 0.474 e. The van der Waals surface area contributed by atoms with E-state index in [0.717, 1.165) is 16.6 Å². The van der Waals surface area contributed by atoms with Crippen molar-refractivity contribution in [3.8, 4) is 5.88 Å². The lowest BCUT2D eigenvalue weighted by Crippen LogP contribution is -2.60. The Labute approximate surface area is 312 Å². The Morgan fingerprint density at radius 1 is 0.943 bits per heavy atom. The molecule has 282 valence electrons. The van der Waals surface area contributed by atoms with Crippen LogP contribution in [-0.4, -0.2) is 91.6 Å². The summed E-state index contributed by atoms with van der Waals surface area (Å²) in [5, 5.41) is 21.9. The van der Waals surface area contributed by atoms with Crippen LogP contribution in [0.15, 0.2) is 72.8 Å². The van der Waals surface area contributed by atoms with E-state index in [9.17, 15) is 19.5 Å². The van der Waals surface area contributed by atoms with Gasteiger partial charge in [0.1, 0.15) is 23.7 Å². The van der Waals surface area contributed by atoms with Gasteiger partial charge in [0, 0.05) is 42.2 Å². The second-order valence-corrected chi connectivity index (χ2v) is 15.4. The van der Waals surface area contributed by atoms with Crippen molar-refractivity contribution >= 4 is 28.6 Å². The highest BCUT2D eigenvalue weighted by molar-refractivity contribution is 5.98. The number of aliphatic hydroxyl groups is 1. The molecule has 12 nitrogen and oxygen atoms in total. The Bertz CT molecular complexity index is 1860. The number of benzene rings is 2. The molecule has 2 aromatic heterocycles. The van der Waals surface area contributed by atoms with Crippen molar-refractivity contribution < 1.29 is 24.2 Å². The maximum absolute atomic E-state index is 14.0. The Balaban J connectivity index is 1.33. The highest BCUT2D eigenvalue weighted by Gasteiger charge is 2.38. The molecule has 0 aliphatic carbocycles. The van der Waals surface area contributed by atoms with Crippen LogP contribution in [0.3, 0.4) is 0 Å². The molecule has 0 radical (unpaired) electrons. The molecule has 0 bridgehead atoms. The molecule has 0 spiro atoms. The fraction of sp³-hybridized carbons (Fsp3) is 0.463. The summed E-state index contributed by atoms with van der Waals surface area (Å²) in [7, 11) is 0. The molecule has 3 amide bonds. The molecule has 1 saturated heterocycles. The zero-order chi connectivity index (χ0) is 38.3. The number of carbonyl (C=O) groups is 3. The fourth-order valence-electron chi connectivity index (χ4n) is 6.68. The molecule has 4 N–H and O–H groups in total. The molecule has 2 aromatic carbocycles. The molecule has 4 aromatic rings. The molecule has 1 unspecified atom stereocenters. The highest BCUT2D eigenvalue weighted by atomic mass is 16.5. The number of carbonyl (C=O) groups excluding carboxylic acids is 3. The van der Waals surface area contributed by atoms with Crippen LogP contribution in [0.2, 0.25) is 0 Å². The molecular weight excluding hydrogens is 670 g/mol. The Hall–Kier alpha value is -4.94. The van der Waals surface area contributed by atoms with Gasteiger partial charge in [0.2, 0.25) is 17.7 Å². The van der Waals surface area contributed by atoms with Gasteiger partial charge in [0.15, 0.2) is 0 Å². The summed E-state index contributed by atoms with van der Waals surface area (Å²) in [5.41, 5.74) is 2.14. The normalized spacial score (nSPS) is 18.2. The van der Waals surface area contributed by atoms with Crippen molar-refractivity contribution in [2.45, 2.75) is 104 Å². The third-order valence-corrected chi connectivity index (χ3v) is 9.27. The number of nitrogens with one attached hydrogen (secondary N) is 3. The van der Waals surface area contributed by atoms with E-state index in [1.54, 1.807) is 12.1 Å². The van der Waals surface area contributed by atoms with Gasteiger partial charge in [-0.15, -0.1) is 0 Å². The van der Waals surface area contributed by atoms with Crippen LogP contribution in [0.1, 0.15) is 75.0 Å². The highest BCUT2D eigenvalue weighted by Crippen LogP contribution is 2.25. The summed E-state index contributed by atoms with van der Waals surface area (Å²) < 4.78 is 6.28. The van der Waals surface area contributed by atoms with Crippen LogP contribution in [0, 0.1) is 19.8 Å². The number of hydrogen-bond donors (Lipinski definition) is 4. The van der Waals surface area contributed by atoms with E-state index in [0.29, 0.717) is 43.0 Å². The SMILES string of the molecule is Cc1cc(O[C@@H]2CCN(C[C@@H](O)[C@H](Cc3ccccc3)NC(=O)[C@@H](NC(=O)c3ccc4ccccc4n3)C(C)C)C(C(=O)NC(C)(C)C)C2)nc(C)n1. The number of aromatic nitrogens is 3. The van der Waals surface area contributed by atoms with Gasteiger partial charge >= 0.3 is 0 Å². The smallest absolute Gasteiger partial charge is 0.270 e. The monoisotopic (exact) mass is 723 g/mol. The van der Waals surface area contributed by atoms with Crippen molar-refractivity contribution in [3.05, 3.63) is 95.6 Å². The predicted molar refractivity (Wildman–Crippen MR) is 204 cm³/mol. The quantitative estimate of drug-likeness (QED) is 0.158. The second kappa shape index (κ2) is 17.3. The van der Waals surface area contributed by atoms with Gasteiger partial charge in [0.05, 0.1) is 23.7 Å². The van der Waals surface area contributed by atoms with E-state index < -0.39 is 41.6 Å². The number of rotatable bonds is 13. The zero-order valence-corrected chi connectivity index (χ0v) is 31.8. The number of nitrogens with zero attached hydrogens (tertiary/aromatic N) is 4. The lowest BCUT2D eigenvalue weighted by atomic mass is 9.94. The summed E-state index contributed by atoms with van der Waals surface area (Å²) in [6.45, 7) is 13.8. The third-order valence-electron chi connectivity index (χ3n) is 9.27. The van der Waals surface area contributed by atoms with Crippen LogP contribution in [-0.2, 0) is 16.0 Å². The first-order valence-electron chi connectivity index (χ1n) is 18.4. The maximum atomic E-state index is 14.0. The molecule has 0 saturated carbocycles. The van der Waals surface area contributed by atoms with Gasteiger partial charge in [-0.3, -0.25) is 19.3 Å². The van der Waals surface area contributed by atoms with Gasteiger partial charge < -0.3 is 25.8 Å². The number of hydrogen-bond acceptors (Lipinski definition) is 9. The van der Waals surface area contributed by atoms with Crippen LogP contribution in [0.4, 0.5) is 0 Å². The van der Waals surface area contributed by atoms with Gasteiger partial charge in [-0.2, -0.15) is 4.98 Å². The molecule has 3 heterocycles. The molecular formula is C41H53N7O5. The first kappa shape index (κ1) is 39.3. The lowest BCUT2D eigenvalue weighted by molar-refractivity contribution is -0.132. The van der Waals surface area contributed by atoms with E-state index in [-0.39, 0.29) is 30.2 Å². The van der Waals surface area contributed by atoms with Crippen LogP contribution < -0.4 is 20.7 Å². The van der Waals surface area contributed by atoms with Gasteiger partial charge in [-0.05, 0) is 71.1 Å². The van der Waals surface area contributed by atoms with Crippen molar-refractivity contribution in [2.24, 2.45) is 5.92 Å². The molecule has 1 aliphatic heterocycles. The minimum atomic E-state index is -1.06. The minimum Gasteiger partial charge on any atom is -0.474 e. The zero-order valence-electron chi connectivity index (χ0n) is 31.8. The Morgan fingerprint density at radius 2 is 1.66 bits per heavy atom. The Morgan fingerprint density at radius 3 is 2.36 bits per heavy atom. The van der Waals surface area contributed by atoms with E-state index in [2.05, 4.69) is 30.9 Å². The van der Waals surface area contributed by atoms with Crippen molar-refractivity contribution in [1.29, 1.82) is 0 Å². The first-order valence-corrected chi connectivity index (χ1v) is 18.4. The average molecular weight is 724 g/mol. The summed E-state index contributed by atoms with van der Waals surface area (Å²) >= 11 is 0. The van der Waals surface area contributed by atoms with Crippen LogP contribution in [0.25, 0.3) is 10.9 Å². The standard InChI is InChI=1S/C41H53N7O5/c1-25(2)37(46-38(50)32-18-17-29-15-11-12-16-31(29)44-32)40(52)45-33(22-28-13-9-8-10-14-28)35(49)24-48-20-19-30(23-34(48)39(51)47-41(5,6)7)53-36-21-26(3)42-27(4)43-36/h8-18,21,25,30,33-35,37,49H,19-20,22-24H2,1-7H3,(H,45,52)(H,46,50)(H,47,51)/t30-,33+,34?,35-,37+/m1/s1. The summed E-state index contributed by atoms with van der Waals surface area (Å²) in [6.07, 6.45) is -0.00602.